The number of halogens is 1. The molecular weight excluding hydrogens is 287 g/mol. The average molecular weight is 310 g/mol. The molecule has 1 aromatic rings. The van der Waals surface area contributed by atoms with Crippen LogP contribution in [0.25, 0.3) is 0 Å². The van der Waals surface area contributed by atoms with E-state index in [0.29, 0.717) is 18.7 Å². The number of pyridine rings is 1. The molecule has 0 aliphatic carbocycles. The maximum absolute atomic E-state index is 15.5. The molecule has 1 aromatic heterocycles. The van der Waals surface area contributed by atoms with Crippen molar-refractivity contribution in [2.24, 2.45) is 5.92 Å². The molecule has 1 fully saturated rings. The van der Waals surface area contributed by atoms with Crippen LogP contribution in [0.2, 0.25) is 0 Å². The highest BCUT2D eigenvalue weighted by Crippen LogP contribution is 2.35. The van der Waals surface area contributed by atoms with E-state index in [0.717, 1.165) is 0 Å². The highest BCUT2D eigenvalue weighted by molar-refractivity contribution is 5.74. The molecule has 0 spiro atoms. The van der Waals surface area contributed by atoms with Gasteiger partial charge in [-0.3, -0.25) is 14.7 Å². The Bertz CT molecular complexity index is 507. The second kappa shape index (κ2) is 6.71. The Kier molecular flexibility index (Phi) is 5.13. The third-order valence-electron chi connectivity index (χ3n) is 4.28. The topological polar surface area (TPSA) is 62.7 Å². The summed E-state index contributed by atoms with van der Waals surface area (Å²) in [6.45, 7) is 6.16. The van der Waals surface area contributed by atoms with Crippen molar-refractivity contribution in [3.05, 3.63) is 30.1 Å². The molecule has 2 rings (SSSR count). The summed E-state index contributed by atoms with van der Waals surface area (Å²) in [4.78, 5) is 17.3. The number of nitrogens with zero attached hydrogens (tertiary/aromatic N) is 2. The Morgan fingerprint density at radius 2 is 2.14 bits per heavy atom. The maximum Gasteiger partial charge on any atom is 0.321 e. The summed E-state index contributed by atoms with van der Waals surface area (Å²) >= 11 is 0. The molecule has 3 atom stereocenters. The monoisotopic (exact) mass is 310 g/mol. The molecular formula is C16H23FN2O3. The number of rotatable bonds is 5. The zero-order chi connectivity index (χ0) is 16.3. The number of carbonyl (C=O) groups is 1. The van der Waals surface area contributed by atoms with Crippen LogP contribution in [0.15, 0.2) is 24.5 Å². The Labute approximate surface area is 130 Å². The fourth-order valence-electron chi connectivity index (χ4n) is 3.10. The summed E-state index contributed by atoms with van der Waals surface area (Å²) < 4.78 is 20.9. The highest BCUT2D eigenvalue weighted by Gasteiger charge is 2.46. The number of carboxylic acid groups (broad SMARTS) is 1. The van der Waals surface area contributed by atoms with Crippen LogP contribution >= 0.6 is 0 Å². The third-order valence-corrected chi connectivity index (χ3v) is 4.28. The Morgan fingerprint density at radius 1 is 1.50 bits per heavy atom. The zero-order valence-electron chi connectivity index (χ0n) is 13.2. The van der Waals surface area contributed by atoms with E-state index in [1.807, 2.05) is 13.8 Å². The van der Waals surface area contributed by atoms with Crippen molar-refractivity contribution in [2.45, 2.75) is 38.5 Å². The minimum Gasteiger partial charge on any atom is -0.480 e. The Morgan fingerprint density at radius 3 is 2.68 bits per heavy atom. The van der Waals surface area contributed by atoms with Gasteiger partial charge in [-0.25, -0.2) is 4.39 Å². The van der Waals surface area contributed by atoms with E-state index < -0.39 is 23.7 Å². The molecule has 1 aliphatic heterocycles. The molecule has 0 bridgehead atoms. The van der Waals surface area contributed by atoms with Gasteiger partial charge in [0.15, 0.2) is 5.67 Å². The number of morpholine rings is 1. The summed E-state index contributed by atoms with van der Waals surface area (Å²) in [5.74, 6) is -1.04. The van der Waals surface area contributed by atoms with E-state index in [2.05, 4.69) is 4.98 Å². The van der Waals surface area contributed by atoms with Gasteiger partial charge < -0.3 is 9.84 Å². The van der Waals surface area contributed by atoms with Crippen LogP contribution < -0.4 is 0 Å². The summed E-state index contributed by atoms with van der Waals surface area (Å²) in [5.41, 5.74) is -1.23. The van der Waals surface area contributed by atoms with E-state index in [-0.39, 0.29) is 12.5 Å². The molecule has 0 saturated carbocycles. The number of ether oxygens (including phenoxy) is 1. The second-order valence-electron chi connectivity index (χ2n) is 6.17. The normalized spacial score (nSPS) is 24.0. The van der Waals surface area contributed by atoms with Gasteiger partial charge in [0.05, 0.1) is 19.3 Å². The lowest BCUT2D eigenvalue weighted by Gasteiger charge is -2.45. The number of carboxylic acids is 1. The highest BCUT2D eigenvalue weighted by atomic mass is 19.1. The van der Waals surface area contributed by atoms with E-state index in [1.165, 1.54) is 19.3 Å². The molecule has 1 N–H and O–H groups in total. The van der Waals surface area contributed by atoms with Crippen molar-refractivity contribution in [2.75, 3.05) is 19.8 Å². The largest absolute Gasteiger partial charge is 0.480 e. The average Bonchev–Trinajstić information content (AvgIpc) is 2.48. The Balaban J connectivity index is 2.35. The first-order valence-electron chi connectivity index (χ1n) is 7.51. The van der Waals surface area contributed by atoms with Crippen molar-refractivity contribution >= 4 is 5.97 Å². The van der Waals surface area contributed by atoms with Gasteiger partial charge in [0.2, 0.25) is 0 Å². The molecule has 22 heavy (non-hydrogen) atoms. The van der Waals surface area contributed by atoms with E-state index >= 15 is 4.39 Å². The lowest BCUT2D eigenvalue weighted by Crippen LogP contribution is -2.60. The van der Waals surface area contributed by atoms with Gasteiger partial charge in [-0.15, -0.1) is 0 Å². The zero-order valence-corrected chi connectivity index (χ0v) is 13.2. The predicted octanol–water partition coefficient (Wildman–Crippen LogP) is 2.08. The minimum atomic E-state index is -1.72. The van der Waals surface area contributed by atoms with Crippen LogP contribution in [0.5, 0.6) is 0 Å². The van der Waals surface area contributed by atoms with Crippen molar-refractivity contribution < 1.29 is 19.0 Å². The van der Waals surface area contributed by atoms with Gasteiger partial charge in [-0.1, -0.05) is 13.8 Å². The van der Waals surface area contributed by atoms with Gasteiger partial charge in [0, 0.05) is 18.9 Å². The number of aliphatic carboxylic acids is 1. The lowest BCUT2D eigenvalue weighted by atomic mass is 9.87. The van der Waals surface area contributed by atoms with Crippen molar-refractivity contribution in [3.8, 4) is 0 Å². The smallest absolute Gasteiger partial charge is 0.321 e. The molecule has 0 aromatic carbocycles. The van der Waals surface area contributed by atoms with E-state index in [4.69, 9.17) is 4.74 Å². The fraction of sp³-hybridized carbons (Fsp3) is 0.625. The first-order chi connectivity index (χ1) is 10.4. The van der Waals surface area contributed by atoms with Gasteiger partial charge in [-0.2, -0.15) is 0 Å². The van der Waals surface area contributed by atoms with Gasteiger partial charge >= 0.3 is 5.97 Å². The summed E-state index contributed by atoms with van der Waals surface area (Å²) in [5, 5.41) is 9.54. The number of alkyl halides is 1. The van der Waals surface area contributed by atoms with Crippen LogP contribution in [0.3, 0.4) is 0 Å². The molecule has 1 aliphatic rings. The first kappa shape index (κ1) is 16.8. The van der Waals surface area contributed by atoms with Crippen LogP contribution in [0, 0.1) is 5.92 Å². The molecule has 1 saturated heterocycles. The van der Waals surface area contributed by atoms with Crippen molar-refractivity contribution in [3.63, 3.8) is 0 Å². The molecule has 0 radical (unpaired) electrons. The SMILES string of the molecule is CC(C)[C@@H](C(=O)O)N1CCOC[C@@H]1[C@](C)(F)c1ccncc1. The standard InChI is InChI=1S/C16H23FN2O3/c1-11(2)14(15(20)21)19-8-9-22-10-13(19)16(3,17)12-4-6-18-7-5-12/h4-7,11,13-14H,8-10H2,1-3H3,(H,20,21)/t13-,14+,16-/m1/s1. The lowest BCUT2D eigenvalue weighted by molar-refractivity contribution is -0.155. The van der Waals surface area contributed by atoms with E-state index in [9.17, 15) is 9.90 Å². The molecule has 0 unspecified atom stereocenters. The first-order valence-corrected chi connectivity index (χ1v) is 7.51. The van der Waals surface area contributed by atoms with Crippen LogP contribution in [-0.4, -0.2) is 52.8 Å². The summed E-state index contributed by atoms with van der Waals surface area (Å²) in [6, 6.07) is 1.87. The third kappa shape index (κ3) is 3.28. The quantitative estimate of drug-likeness (QED) is 0.902. The summed E-state index contributed by atoms with van der Waals surface area (Å²) in [7, 11) is 0. The van der Waals surface area contributed by atoms with Gasteiger partial charge in [-0.05, 0) is 30.5 Å². The number of aromatic nitrogens is 1. The van der Waals surface area contributed by atoms with Crippen molar-refractivity contribution in [1.29, 1.82) is 0 Å². The molecule has 5 nitrogen and oxygen atoms in total. The number of hydrogen-bond donors (Lipinski definition) is 1. The van der Waals surface area contributed by atoms with E-state index in [1.54, 1.807) is 17.0 Å². The number of hydrogen-bond acceptors (Lipinski definition) is 4. The van der Waals surface area contributed by atoms with Crippen LogP contribution in [0.1, 0.15) is 26.3 Å². The van der Waals surface area contributed by atoms with Crippen molar-refractivity contribution in [1.82, 2.24) is 9.88 Å². The van der Waals surface area contributed by atoms with Gasteiger partial charge in [0.1, 0.15) is 6.04 Å². The molecule has 2 heterocycles. The Hall–Kier alpha value is -1.53. The minimum absolute atomic E-state index is 0.119. The van der Waals surface area contributed by atoms with Crippen LogP contribution in [-0.2, 0) is 15.2 Å². The summed E-state index contributed by atoms with van der Waals surface area (Å²) in [6.07, 6.45) is 3.08. The molecule has 122 valence electrons. The predicted molar refractivity (Wildman–Crippen MR) is 80.3 cm³/mol. The molecule has 6 heteroatoms. The fourth-order valence-corrected chi connectivity index (χ4v) is 3.10. The van der Waals surface area contributed by atoms with Crippen LogP contribution in [0.4, 0.5) is 4.39 Å². The second-order valence-corrected chi connectivity index (χ2v) is 6.17. The molecule has 0 amide bonds. The van der Waals surface area contributed by atoms with Gasteiger partial charge in [0.25, 0.3) is 0 Å². The maximum atomic E-state index is 15.5.